The second-order valence-corrected chi connectivity index (χ2v) is 6.32. The number of ether oxygens (including phenoxy) is 1. The maximum absolute atomic E-state index is 12.0. The number of rotatable bonds is 4. The van der Waals surface area contributed by atoms with Crippen molar-refractivity contribution in [2.75, 3.05) is 12.9 Å². The summed E-state index contributed by atoms with van der Waals surface area (Å²) in [5.41, 5.74) is 1.27. The first-order valence-corrected chi connectivity index (χ1v) is 8.69. The lowest BCUT2D eigenvalue weighted by Gasteiger charge is -2.08. The minimum Gasteiger partial charge on any atom is -0.462 e. The van der Waals surface area contributed by atoms with Gasteiger partial charge < -0.3 is 4.74 Å². The van der Waals surface area contributed by atoms with Crippen molar-refractivity contribution in [2.45, 2.75) is 11.9 Å². The summed E-state index contributed by atoms with van der Waals surface area (Å²) < 4.78 is 6.65. The van der Waals surface area contributed by atoms with E-state index in [-0.39, 0.29) is 17.2 Å². The fourth-order valence-electron chi connectivity index (χ4n) is 1.97. The molecule has 0 aliphatic rings. The van der Waals surface area contributed by atoms with Gasteiger partial charge in [-0.25, -0.2) is 4.79 Å². The Morgan fingerprint density at radius 2 is 2.00 bits per heavy atom. The number of carbonyl (C=O) groups is 1. The molecular weight excluding hydrogens is 367 g/mol. The van der Waals surface area contributed by atoms with Gasteiger partial charge in [0.25, 0.3) is 0 Å². The first-order chi connectivity index (χ1) is 10.4. The van der Waals surface area contributed by atoms with Crippen LogP contribution in [0.4, 0.5) is 0 Å². The van der Waals surface area contributed by atoms with E-state index in [0.29, 0.717) is 21.3 Å². The van der Waals surface area contributed by atoms with Crippen molar-refractivity contribution in [1.29, 1.82) is 0 Å². The van der Waals surface area contributed by atoms with Gasteiger partial charge in [0.15, 0.2) is 0 Å². The number of hydrogen-bond donors (Lipinski definition) is 0. The number of benzene rings is 1. The van der Waals surface area contributed by atoms with Crippen LogP contribution in [0.5, 0.6) is 0 Å². The minimum absolute atomic E-state index is 0.226. The highest BCUT2D eigenvalue weighted by Gasteiger charge is 2.21. The van der Waals surface area contributed by atoms with E-state index in [4.69, 9.17) is 39.5 Å². The van der Waals surface area contributed by atoms with Gasteiger partial charge in [0.1, 0.15) is 15.7 Å². The number of halogens is 3. The molecule has 0 fully saturated rings. The van der Waals surface area contributed by atoms with Gasteiger partial charge in [0.05, 0.1) is 22.2 Å². The van der Waals surface area contributed by atoms with E-state index < -0.39 is 5.97 Å². The second-order valence-electron chi connectivity index (χ2n) is 4.33. The summed E-state index contributed by atoms with van der Waals surface area (Å²) in [5, 5.41) is 6.25. The first kappa shape index (κ1) is 17.5. The van der Waals surface area contributed by atoms with E-state index in [2.05, 4.69) is 5.10 Å². The molecule has 0 N–H and O–H groups in total. The van der Waals surface area contributed by atoms with Crippen molar-refractivity contribution in [3.63, 3.8) is 0 Å². The number of carbonyl (C=O) groups excluding carboxylic acids is 1. The largest absolute Gasteiger partial charge is 0.462 e. The number of esters is 1. The smallest absolute Gasteiger partial charge is 0.339 e. The van der Waals surface area contributed by atoms with Gasteiger partial charge in [-0.15, -0.1) is 11.8 Å². The van der Waals surface area contributed by atoms with Crippen LogP contribution in [0.25, 0.3) is 11.3 Å². The van der Waals surface area contributed by atoms with Crippen LogP contribution in [-0.2, 0) is 11.8 Å². The Balaban J connectivity index is 2.61. The number of hydrogen-bond acceptors (Lipinski definition) is 4. The zero-order valence-electron chi connectivity index (χ0n) is 12.1. The summed E-state index contributed by atoms with van der Waals surface area (Å²) in [6.07, 6.45) is 1.90. The van der Waals surface area contributed by atoms with Crippen molar-refractivity contribution in [3.05, 3.63) is 32.8 Å². The van der Waals surface area contributed by atoms with Crippen LogP contribution in [-0.4, -0.2) is 28.6 Å². The van der Waals surface area contributed by atoms with E-state index >= 15 is 0 Å². The lowest BCUT2D eigenvalue weighted by molar-refractivity contribution is 0.0526. The van der Waals surface area contributed by atoms with Crippen molar-refractivity contribution < 1.29 is 9.53 Å². The van der Waals surface area contributed by atoms with Gasteiger partial charge in [-0.05, 0) is 25.3 Å². The number of nitrogens with zero attached hydrogens (tertiary/aromatic N) is 2. The van der Waals surface area contributed by atoms with Crippen LogP contribution in [0, 0.1) is 0 Å². The summed E-state index contributed by atoms with van der Waals surface area (Å²) in [4.78, 5) is 12.0. The molecular formula is C14H13Cl3N2O2S. The number of aryl methyl sites for hydroxylation is 1. The molecule has 0 bridgehead atoms. The first-order valence-electron chi connectivity index (χ1n) is 6.33. The van der Waals surface area contributed by atoms with Crippen LogP contribution >= 0.6 is 46.6 Å². The normalized spacial score (nSPS) is 10.8. The van der Waals surface area contributed by atoms with Crippen LogP contribution in [0.15, 0.2) is 17.2 Å². The molecule has 0 aliphatic heterocycles. The molecule has 1 heterocycles. The molecule has 0 saturated heterocycles. The van der Waals surface area contributed by atoms with Gasteiger partial charge in [0.2, 0.25) is 0 Å². The van der Waals surface area contributed by atoms with E-state index in [1.165, 1.54) is 17.8 Å². The molecule has 118 valence electrons. The van der Waals surface area contributed by atoms with Crippen LogP contribution in [0.2, 0.25) is 15.1 Å². The Morgan fingerprint density at radius 1 is 1.32 bits per heavy atom. The predicted octanol–water partition coefficient (Wildman–Crippen LogP) is 4.95. The monoisotopic (exact) mass is 378 g/mol. The molecule has 2 rings (SSSR count). The topological polar surface area (TPSA) is 44.1 Å². The van der Waals surface area contributed by atoms with Crippen molar-refractivity contribution in [2.24, 2.45) is 7.05 Å². The molecule has 1 aromatic carbocycles. The third kappa shape index (κ3) is 3.23. The predicted molar refractivity (Wildman–Crippen MR) is 91.4 cm³/mol. The molecule has 0 aliphatic carbocycles. The molecule has 22 heavy (non-hydrogen) atoms. The maximum Gasteiger partial charge on any atom is 0.339 e. The molecule has 8 heteroatoms. The highest BCUT2D eigenvalue weighted by molar-refractivity contribution is 7.98. The van der Waals surface area contributed by atoms with Gasteiger partial charge >= 0.3 is 5.97 Å². The average Bonchev–Trinajstić information content (AvgIpc) is 2.73. The molecule has 0 amide bonds. The Hall–Kier alpha value is -0.880. The van der Waals surface area contributed by atoms with Gasteiger partial charge in [-0.1, -0.05) is 34.8 Å². The summed E-state index contributed by atoms with van der Waals surface area (Å²) >= 11 is 20.1. The lowest BCUT2D eigenvalue weighted by atomic mass is 10.1. The summed E-state index contributed by atoms with van der Waals surface area (Å²) in [6, 6.07) is 3.05. The van der Waals surface area contributed by atoms with Crippen LogP contribution in [0.1, 0.15) is 17.3 Å². The molecule has 0 unspecified atom stereocenters. The second kappa shape index (κ2) is 7.13. The van der Waals surface area contributed by atoms with Crippen molar-refractivity contribution in [3.8, 4) is 11.3 Å². The molecule has 0 atom stereocenters. The van der Waals surface area contributed by atoms with Crippen LogP contribution in [0.3, 0.4) is 0 Å². The van der Waals surface area contributed by atoms with Crippen molar-refractivity contribution >= 4 is 52.5 Å². The van der Waals surface area contributed by atoms with Crippen LogP contribution < -0.4 is 0 Å². The van der Waals surface area contributed by atoms with E-state index in [1.807, 2.05) is 6.26 Å². The third-order valence-corrected chi connectivity index (χ3v) is 4.89. The standard InChI is InChI=1S/C14H13Cl3N2O2S/c1-4-21-14(20)8-5-7(9(15)6-10(8)16)12-11(17)13(22-3)19(2)18-12/h5-6H,4H2,1-3H3. The van der Waals surface area contributed by atoms with Gasteiger partial charge in [-0.3, -0.25) is 4.68 Å². The number of aromatic nitrogens is 2. The summed E-state index contributed by atoms with van der Waals surface area (Å²) in [5.74, 6) is -0.512. The zero-order valence-corrected chi connectivity index (χ0v) is 15.2. The fourth-order valence-corrected chi connectivity index (χ4v) is 3.60. The zero-order chi connectivity index (χ0) is 16.4. The van der Waals surface area contributed by atoms with E-state index in [9.17, 15) is 4.79 Å². The minimum atomic E-state index is -0.512. The maximum atomic E-state index is 12.0. The highest BCUT2D eigenvalue weighted by atomic mass is 35.5. The molecule has 0 saturated carbocycles. The van der Waals surface area contributed by atoms with Gasteiger partial charge in [0, 0.05) is 12.6 Å². The summed E-state index contributed by atoms with van der Waals surface area (Å²) in [6.45, 7) is 1.98. The highest BCUT2D eigenvalue weighted by Crippen LogP contribution is 2.39. The molecule has 1 aromatic heterocycles. The lowest BCUT2D eigenvalue weighted by Crippen LogP contribution is -2.06. The Bertz CT molecular complexity index is 731. The Morgan fingerprint density at radius 3 is 2.55 bits per heavy atom. The molecule has 2 aromatic rings. The average molecular weight is 380 g/mol. The van der Waals surface area contributed by atoms with Crippen molar-refractivity contribution in [1.82, 2.24) is 9.78 Å². The van der Waals surface area contributed by atoms with E-state index in [0.717, 1.165) is 5.03 Å². The van der Waals surface area contributed by atoms with E-state index in [1.54, 1.807) is 24.7 Å². The summed E-state index contributed by atoms with van der Waals surface area (Å²) in [7, 11) is 1.79. The number of thioether (sulfide) groups is 1. The Labute approximate surface area is 147 Å². The fraction of sp³-hybridized carbons (Fsp3) is 0.286. The van der Waals surface area contributed by atoms with Gasteiger partial charge in [-0.2, -0.15) is 5.10 Å². The SMILES string of the molecule is CCOC(=O)c1cc(-c2nn(C)c(SC)c2Cl)c(Cl)cc1Cl. The Kier molecular flexibility index (Phi) is 5.66. The quantitative estimate of drug-likeness (QED) is 0.557. The molecule has 4 nitrogen and oxygen atoms in total. The third-order valence-electron chi connectivity index (χ3n) is 2.94. The molecule has 0 radical (unpaired) electrons. The molecule has 0 spiro atoms.